The summed E-state index contributed by atoms with van der Waals surface area (Å²) in [4.78, 5) is 4.47. The van der Waals surface area contributed by atoms with Crippen LogP contribution in [0.4, 0.5) is 11.6 Å². The van der Waals surface area contributed by atoms with Crippen LogP contribution in [0.1, 0.15) is 5.69 Å². The van der Waals surface area contributed by atoms with Gasteiger partial charge in [-0.25, -0.2) is 0 Å². The second-order valence-corrected chi connectivity index (χ2v) is 5.01. The number of aryl methyl sites for hydroxylation is 1. The van der Waals surface area contributed by atoms with Crippen LogP contribution in [-0.4, -0.2) is 36.5 Å². The van der Waals surface area contributed by atoms with Gasteiger partial charge in [0.2, 0.25) is 5.88 Å². The molecule has 2 N–H and O–H groups in total. The number of hydrogen-bond donors (Lipinski definition) is 2. The van der Waals surface area contributed by atoms with Gasteiger partial charge < -0.3 is 19.5 Å². The topological polar surface area (TPSA) is 81.3 Å². The fraction of sp³-hybridized carbons (Fsp3) is 0.250. The first-order valence-electron chi connectivity index (χ1n) is 7.04. The average Bonchev–Trinajstić information content (AvgIpc) is 2.97. The van der Waals surface area contributed by atoms with Gasteiger partial charge in [0.25, 0.3) is 0 Å². The van der Waals surface area contributed by atoms with Crippen LogP contribution in [0.15, 0.2) is 24.3 Å². The van der Waals surface area contributed by atoms with Crippen molar-refractivity contribution in [1.29, 1.82) is 0 Å². The van der Waals surface area contributed by atoms with Crippen LogP contribution < -0.4 is 19.5 Å². The zero-order valence-corrected chi connectivity index (χ0v) is 13.4. The summed E-state index contributed by atoms with van der Waals surface area (Å²) in [6, 6.07) is 7.54. The zero-order valence-electron chi connectivity index (χ0n) is 13.4. The van der Waals surface area contributed by atoms with E-state index in [1.165, 1.54) is 0 Å². The Balaban J connectivity index is 2.10. The first-order chi connectivity index (χ1) is 11.1. The van der Waals surface area contributed by atoms with Gasteiger partial charge in [-0.3, -0.25) is 5.10 Å². The lowest BCUT2D eigenvalue weighted by Crippen LogP contribution is -1.98. The Kier molecular flexibility index (Phi) is 3.92. The molecule has 0 amide bonds. The van der Waals surface area contributed by atoms with E-state index in [2.05, 4.69) is 20.5 Å². The molecule has 0 atom stereocenters. The molecule has 3 rings (SSSR count). The highest BCUT2D eigenvalue weighted by Gasteiger charge is 2.13. The Morgan fingerprint density at radius 2 is 1.65 bits per heavy atom. The summed E-state index contributed by atoms with van der Waals surface area (Å²) in [6.45, 7) is 1.93. The zero-order chi connectivity index (χ0) is 16.4. The molecule has 1 aromatic carbocycles. The SMILES string of the molecule is COc1cc2cc(Nc3cc(C)[nH]n3)nc(OC)c2cc1OC. The van der Waals surface area contributed by atoms with E-state index in [9.17, 15) is 0 Å². The average molecular weight is 314 g/mol. The fourth-order valence-corrected chi connectivity index (χ4v) is 2.38. The van der Waals surface area contributed by atoms with E-state index in [4.69, 9.17) is 14.2 Å². The monoisotopic (exact) mass is 314 g/mol. The normalized spacial score (nSPS) is 10.6. The molecule has 0 aliphatic rings. The number of pyridine rings is 1. The lowest BCUT2D eigenvalue weighted by molar-refractivity contribution is 0.355. The maximum absolute atomic E-state index is 5.41. The summed E-state index contributed by atoms with van der Waals surface area (Å²) >= 11 is 0. The lowest BCUT2D eigenvalue weighted by atomic mass is 10.1. The predicted molar refractivity (Wildman–Crippen MR) is 88.0 cm³/mol. The molecule has 0 spiro atoms. The van der Waals surface area contributed by atoms with Gasteiger partial charge in [-0.05, 0) is 30.5 Å². The number of fused-ring (bicyclic) bond motifs is 1. The van der Waals surface area contributed by atoms with Gasteiger partial charge in [-0.1, -0.05) is 0 Å². The Bertz CT molecular complexity index is 845. The lowest BCUT2D eigenvalue weighted by Gasteiger charge is -2.12. The van der Waals surface area contributed by atoms with Crippen molar-refractivity contribution in [2.24, 2.45) is 0 Å². The highest BCUT2D eigenvalue weighted by molar-refractivity contribution is 5.92. The van der Waals surface area contributed by atoms with Crippen LogP contribution in [0.5, 0.6) is 17.4 Å². The van der Waals surface area contributed by atoms with Crippen molar-refractivity contribution in [2.45, 2.75) is 6.92 Å². The molecule has 0 bridgehead atoms. The molecule has 7 nitrogen and oxygen atoms in total. The van der Waals surface area contributed by atoms with Crippen molar-refractivity contribution < 1.29 is 14.2 Å². The van der Waals surface area contributed by atoms with Crippen molar-refractivity contribution in [2.75, 3.05) is 26.6 Å². The third kappa shape index (κ3) is 2.85. The van der Waals surface area contributed by atoms with Crippen LogP contribution in [0.25, 0.3) is 10.8 Å². The number of aromatic amines is 1. The Morgan fingerprint density at radius 1 is 0.913 bits per heavy atom. The van der Waals surface area contributed by atoms with E-state index in [0.29, 0.717) is 29.0 Å². The Morgan fingerprint density at radius 3 is 2.26 bits per heavy atom. The minimum atomic E-state index is 0.498. The number of aromatic nitrogens is 3. The van der Waals surface area contributed by atoms with Crippen molar-refractivity contribution in [3.63, 3.8) is 0 Å². The van der Waals surface area contributed by atoms with Gasteiger partial charge in [0, 0.05) is 17.1 Å². The molecule has 0 unspecified atom stereocenters. The number of benzene rings is 1. The summed E-state index contributed by atoms with van der Waals surface area (Å²) in [5.41, 5.74) is 0.964. The third-order valence-electron chi connectivity index (χ3n) is 3.46. The number of hydrogen-bond acceptors (Lipinski definition) is 6. The van der Waals surface area contributed by atoms with Crippen LogP contribution in [0.3, 0.4) is 0 Å². The van der Waals surface area contributed by atoms with Crippen LogP contribution in [0, 0.1) is 6.92 Å². The Hall–Kier alpha value is -2.96. The van der Waals surface area contributed by atoms with Crippen LogP contribution in [0.2, 0.25) is 0 Å². The number of H-pyrrole nitrogens is 1. The summed E-state index contributed by atoms with van der Waals surface area (Å²) in [5, 5.41) is 11.9. The number of nitrogens with zero attached hydrogens (tertiary/aromatic N) is 2. The Labute approximate surface area is 133 Å². The van der Waals surface area contributed by atoms with Crippen molar-refractivity contribution >= 4 is 22.4 Å². The molecule has 2 heterocycles. The van der Waals surface area contributed by atoms with Gasteiger partial charge >= 0.3 is 0 Å². The summed E-state index contributed by atoms with van der Waals surface area (Å²) in [6.07, 6.45) is 0. The second-order valence-electron chi connectivity index (χ2n) is 5.01. The number of anilines is 2. The molecule has 0 aliphatic carbocycles. The second kappa shape index (κ2) is 6.04. The molecule has 23 heavy (non-hydrogen) atoms. The molecule has 7 heteroatoms. The van der Waals surface area contributed by atoms with E-state index < -0.39 is 0 Å². The standard InChI is InChI=1S/C16H18N4O3/c1-9-5-15(20-19-9)17-14-7-10-6-12(21-2)13(22-3)8-11(10)16(18-14)23-4/h5-8H,1-4H3,(H2,17,18,19,20). The maximum Gasteiger partial charge on any atom is 0.223 e. The molecule has 120 valence electrons. The fourth-order valence-electron chi connectivity index (χ4n) is 2.38. The predicted octanol–water partition coefficient (Wildman–Crippen LogP) is 3.04. The van der Waals surface area contributed by atoms with E-state index in [0.717, 1.165) is 16.5 Å². The van der Waals surface area contributed by atoms with E-state index in [-0.39, 0.29) is 0 Å². The van der Waals surface area contributed by atoms with Gasteiger partial charge in [0.15, 0.2) is 17.3 Å². The van der Waals surface area contributed by atoms with Gasteiger partial charge in [0.1, 0.15) is 5.82 Å². The van der Waals surface area contributed by atoms with E-state index in [1.54, 1.807) is 21.3 Å². The smallest absolute Gasteiger partial charge is 0.223 e. The quantitative estimate of drug-likeness (QED) is 0.753. The van der Waals surface area contributed by atoms with Crippen LogP contribution >= 0.6 is 0 Å². The molecule has 0 saturated heterocycles. The number of methoxy groups -OCH3 is 3. The molecule has 0 aliphatic heterocycles. The van der Waals surface area contributed by atoms with Crippen molar-refractivity contribution in [1.82, 2.24) is 15.2 Å². The summed E-state index contributed by atoms with van der Waals surface area (Å²) < 4.78 is 16.1. The first kappa shape index (κ1) is 15.0. The van der Waals surface area contributed by atoms with Gasteiger partial charge in [-0.2, -0.15) is 10.1 Å². The molecule has 0 fully saturated rings. The molecular weight excluding hydrogens is 296 g/mol. The number of nitrogens with one attached hydrogen (secondary N) is 2. The molecule has 0 radical (unpaired) electrons. The van der Waals surface area contributed by atoms with E-state index >= 15 is 0 Å². The number of ether oxygens (including phenoxy) is 3. The van der Waals surface area contributed by atoms with Crippen LogP contribution in [-0.2, 0) is 0 Å². The first-order valence-corrected chi connectivity index (χ1v) is 7.04. The minimum Gasteiger partial charge on any atom is -0.493 e. The highest BCUT2D eigenvalue weighted by Crippen LogP contribution is 2.37. The summed E-state index contributed by atoms with van der Waals surface area (Å²) in [7, 11) is 4.79. The van der Waals surface area contributed by atoms with Gasteiger partial charge in [-0.15, -0.1) is 0 Å². The molecule has 2 aromatic heterocycles. The van der Waals surface area contributed by atoms with Crippen molar-refractivity contribution in [3.05, 3.63) is 30.0 Å². The molecule has 3 aromatic rings. The largest absolute Gasteiger partial charge is 0.493 e. The molecule has 0 saturated carbocycles. The summed E-state index contributed by atoms with van der Waals surface area (Å²) in [5.74, 6) is 3.10. The minimum absolute atomic E-state index is 0.498. The van der Waals surface area contributed by atoms with Gasteiger partial charge in [0.05, 0.1) is 21.3 Å². The van der Waals surface area contributed by atoms with Crippen molar-refractivity contribution in [3.8, 4) is 17.4 Å². The molecular formula is C16H18N4O3. The third-order valence-corrected chi connectivity index (χ3v) is 3.46. The highest BCUT2D eigenvalue weighted by atomic mass is 16.5. The maximum atomic E-state index is 5.41. The number of rotatable bonds is 5. The van der Waals surface area contributed by atoms with E-state index in [1.807, 2.05) is 31.2 Å².